The van der Waals surface area contributed by atoms with E-state index in [4.69, 9.17) is 4.74 Å². The van der Waals surface area contributed by atoms with Crippen LogP contribution in [-0.4, -0.2) is 12.9 Å². The average Bonchev–Trinajstić information content (AvgIpc) is 1.99. The van der Waals surface area contributed by atoms with Crippen molar-refractivity contribution in [3.63, 3.8) is 0 Å². The molecule has 58 valence electrons. The highest BCUT2D eigenvalue weighted by Crippen LogP contribution is 1.95. The van der Waals surface area contributed by atoms with E-state index in [1.54, 1.807) is 13.0 Å². The Balaban J connectivity index is 3.36. The first kappa shape index (κ1) is 9.21. The lowest BCUT2D eigenvalue weighted by molar-refractivity contribution is -0.107. The van der Waals surface area contributed by atoms with Crippen molar-refractivity contribution < 1.29 is 9.53 Å². The van der Waals surface area contributed by atoms with Crippen LogP contribution in [0.15, 0.2) is 11.8 Å². The van der Waals surface area contributed by atoms with Crippen molar-refractivity contribution in [3.8, 4) is 0 Å². The Morgan fingerprint density at radius 2 is 2.30 bits per heavy atom. The molecule has 0 fully saturated rings. The third-order valence-electron chi connectivity index (χ3n) is 1.17. The molecule has 0 saturated carbocycles. The number of carbonyl (C=O) groups is 1. The highest BCUT2D eigenvalue weighted by Gasteiger charge is 1.90. The van der Waals surface area contributed by atoms with Gasteiger partial charge >= 0.3 is 0 Å². The number of hydrogen-bond donors (Lipinski definition) is 0. The standard InChI is InChI=1S/C8H14O2/c1-3-5-6-10-8(4-2)7-9/h4,7H,3,5-6H2,1-2H3. The summed E-state index contributed by atoms with van der Waals surface area (Å²) in [5.41, 5.74) is 0. The summed E-state index contributed by atoms with van der Waals surface area (Å²) in [5.74, 6) is 0.438. The summed E-state index contributed by atoms with van der Waals surface area (Å²) in [6, 6.07) is 0. The van der Waals surface area contributed by atoms with Gasteiger partial charge in [-0.25, -0.2) is 0 Å². The van der Waals surface area contributed by atoms with Crippen LogP contribution in [0.25, 0.3) is 0 Å². The fraction of sp³-hybridized carbons (Fsp3) is 0.625. The van der Waals surface area contributed by atoms with Gasteiger partial charge in [-0.1, -0.05) is 13.3 Å². The molecular weight excluding hydrogens is 128 g/mol. The van der Waals surface area contributed by atoms with Crippen molar-refractivity contribution in [2.24, 2.45) is 0 Å². The van der Waals surface area contributed by atoms with Gasteiger partial charge in [-0.3, -0.25) is 4.79 Å². The SMILES string of the molecule is CC=C(C=O)OCCCC. The minimum atomic E-state index is 0.438. The van der Waals surface area contributed by atoms with Gasteiger partial charge in [0.2, 0.25) is 0 Å². The van der Waals surface area contributed by atoms with Crippen LogP contribution >= 0.6 is 0 Å². The van der Waals surface area contributed by atoms with Crippen LogP contribution in [0.3, 0.4) is 0 Å². The van der Waals surface area contributed by atoms with Gasteiger partial charge in [-0.2, -0.15) is 0 Å². The van der Waals surface area contributed by atoms with E-state index in [1.807, 2.05) is 0 Å². The maximum absolute atomic E-state index is 10.1. The summed E-state index contributed by atoms with van der Waals surface area (Å²) >= 11 is 0. The van der Waals surface area contributed by atoms with Crippen molar-refractivity contribution in [2.45, 2.75) is 26.7 Å². The Hall–Kier alpha value is -0.790. The van der Waals surface area contributed by atoms with Gasteiger partial charge in [0.1, 0.15) is 0 Å². The molecule has 2 nitrogen and oxygen atoms in total. The van der Waals surface area contributed by atoms with Crippen LogP contribution in [0.5, 0.6) is 0 Å². The Kier molecular flexibility index (Phi) is 5.83. The van der Waals surface area contributed by atoms with Crippen molar-refractivity contribution in [2.75, 3.05) is 6.61 Å². The molecule has 0 spiro atoms. The van der Waals surface area contributed by atoms with Crippen LogP contribution in [0.2, 0.25) is 0 Å². The zero-order valence-corrected chi connectivity index (χ0v) is 6.59. The van der Waals surface area contributed by atoms with Gasteiger partial charge in [-0.15, -0.1) is 0 Å². The largest absolute Gasteiger partial charge is 0.491 e. The van der Waals surface area contributed by atoms with E-state index in [2.05, 4.69) is 6.92 Å². The lowest BCUT2D eigenvalue weighted by atomic mass is 10.4. The highest BCUT2D eigenvalue weighted by atomic mass is 16.5. The summed E-state index contributed by atoms with van der Waals surface area (Å²) < 4.78 is 5.07. The second-order valence-electron chi connectivity index (χ2n) is 2.01. The quantitative estimate of drug-likeness (QED) is 0.253. The van der Waals surface area contributed by atoms with Gasteiger partial charge in [0.25, 0.3) is 0 Å². The molecule has 0 heterocycles. The molecule has 0 bridgehead atoms. The predicted octanol–water partition coefficient (Wildman–Crippen LogP) is 1.91. The van der Waals surface area contributed by atoms with E-state index in [0.717, 1.165) is 19.1 Å². The molecule has 0 aliphatic carbocycles. The molecule has 10 heavy (non-hydrogen) atoms. The van der Waals surface area contributed by atoms with Crippen molar-refractivity contribution in [3.05, 3.63) is 11.8 Å². The topological polar surface area (TPSA) is 26.3 Å². The lowest BCUT2D eigenvalue weighted by Crippen LogP contribution is -1.94. The van der Waals surface area contributed by atoms with Crippen LogP contribution in [0, 0.1) is 0 Å². The van der Waals surface area contributed by atoms with Crippen LogP contribution in [0.1, 0.15) is 26.7 Å². The van der Waals surface area contributed by atoms with Gasteiger partial charge < -0.3 is 4.74 Å². The number of hydrogen-bond acceptors (Lipinski definition) is 2. The molecule has 0 aromatic carbocycles. The first-order valence-electron chi connectivity index (χ1n) is 3.59. The number of aldehydes is 1. The normalized spacial score (nSPS) is 11.2. The Morgan fingerprint density at radius 1 is 1.60 bits per heavy atom. The maximum Gasteiger partial charge on any atom is 0.184 e. The maximum atomic E-state index is 10.1. The fourth-order valence-electron chi connectivity index (χ4n) is 0.520. The third kappa shape index (κ3) is 4.13. The van der Waals surface area contributed by atoms with Gasteiger partial charge in [0.15, 0.2) is 12.0 Å². The summed E-state index contributed by atoms with van der Waals surface area (Å²) in [6.07, 6.45) is 4.50. The molecule has 0 aromatic rings. The second kappa shape index (κ2) is 6.33. The lowest BCUT2D eigenvalue weighted by Gasteiger charge is -2.01. The van der Waals surface area contributed by atoms with Crippen LogP contribution in [-0.2, 0) is 9.53 Å². The number of carbonyl (C=O) groups excluding carboxylic acids is 1. The minimum Gasteiger partial charge on any atom is -0.491 e. The Bertz CT molecular complexity index is 116. The smallest absolute Gasteiger partial charge is 0.184 e. The first-order valence-corrected chi connectivity index (χ1v) is 3.59. The Labute approximate surface area is 61.9 Å². The average molecular weight is 142 g/mol. The van der Waals surface area contributed by atoms with Gasteiger partial charge in [0.05, 0.1) is 6.61 Å². The van der Waals surface area contributed by atoms with Crippen molar-refractivity contribution in [1.29, 1.82) is 0 Å². The summed E-state index contributed by atoms with van der Waals surface area (Å²) in [5, 5.41) is 0. The summed E-state index contributed by atoms with van der Waals surface area (Å²) in [7, 11) is 0. The number of rotatable bonds is 5. The van der Waals surface area contributed by atoms with E-state index < -0.39 is 0 Å². The van der Waals surface area contributed by atoms with Gasteiger partial charge in [-0.05, 0) is 19.4 Å². The predicted molar refractivity (Wildman–Crippen MR) is 40.7 cm³/mol. The molecule has 0 unspecified atom stereocenters. The molecule has 0 amide bonds. The molecule has 0 aliphatic rings. The highest BCUT2D eigenvalue weighted by molar-refractivity contribution is 5.69. The molecule has 0 atom stereocenters. The molecule has 2 heteroatoms. The van der Waals surface area contributed by atoms with E-state index >= 15 is 0 Å². The first-order chi connectivity index (χ1) is 4.85. The van der Waals surface area contributed by atoms with E-state index in [9.17, 15) is 4.79 Å². The zero-order chi connectivity index (χ0) is 7.82. The monoisotopic (exact) mass is 142 g/mol. The molecule has 0 N–H and O–H groups in total. The van der Waals surface area contributed by atoms with Crippen molar-refractivity contribution in [1.82, 2.24) is 0 Å². The molecule has 0 radical (unpaired) electrons. The number of unbranched alkanes of at least 4 members (excludes halogenated alkanes) is 1. The van der Waals surface area contributed by atoms with E-state index in [0.29, 0.717) is 12.4 Å². The van der Waals surface area contributed by atoms with Gasteiger partial charge in [0, 0.05) is 0 Å². The van der Waals surface area contributed by atoms with Crippen molar-refractivity contribution >= 4 is 6.29 Å². The van der Waals surface area contributed by atoms with E-state index in [-0.39, 0.29) is 0 Å². The molecular formula is C8H14O2. The zero-order valence-electron chi connectivity index (χ0n) is 6.59. The molecule has 0 saturated heterocycles. The van der Waals surface area contributed by atoms with E-state index in [1.165, 1.54) is 0 Å². The number of ether oxygens (including phenoxy) is 1. The fourth-order valence-corrected chi connectivity index (χ4v) is 0.520. The summed E-state index contributed by atoms with van der Waals surface area (Å²) in [6.45, 7) is 4.52. The molecule has 0 aliphatic heterocycles. The Morgan fingerprint density at radius 3 is 2.70 bits per heavy atom. The van der Waals surface area contributed by atoms with Crippen LogP contribution < -0.4 is 0 Å². The number of allylic oxidation sites excluding steroid dienone is 2. The van der Waals surface area contributed by atoms with Crippen LogP contribution in [0.4, 0.5) is 0 Å². The summed E-state index contributed by atoms with van der Waals surface area (Å²) in [4.78, 5) is 10.1. The molecule has 0 rings (SSSR count). The minimum absolute atomic E-state index is 0.438. The molecule has 0 aromatic heterocycles. The third-order valence-corrected chi connectivity index (χ3v) is 1.17. The second-order valence-corrected chi connectivity index (χ2v) is 2.01.